The highest BCUT2D eigenvalue weighted by molar-refractivity contribution is 6.35. The molecule has 5 heteroatoms. The molecule has 0 aliphatic heterocycles. The Morgan fingerprint density at radius 2 is 2.07 bits per heavy atom. The molecule has 0 spiro atoms. The maximum absolute atomic E-state index is 13.0. The van der Waals surface area contributed by atoms with E-state index in [1.165, 1.54) is 19.3 Å². The summed E-state index contributed by atoms with van der Waals surface area (Å²) in [6.07, 6.45) is 2.50. The van der Waals surface area contributed by atoms with Crippen LogP contribution in [-0.2, 0) is 9.53 Å². The normalized spacial score (nSPS) is 10.7. The number of ether oxygens (including phenoxy) is 1. The molecule has 0 aliphatic rings. The molecular formula is C10H7Cl2FO2. The fourth-order valence-corrected chi connectivity index (χ4v) is 1.34. The van der Waals surface area contributed by atoms with Crippen molar-refractivity contribution >= 4 is 35.2 Å². The van der Waals surface area contributed by atoms with Crippen molar-refractivity contribution in [1.29, 1.82) is 0 Å². The molecule has 0 atom stereocenters. The monoisotopic (exact) mass is 248 g/mol. The van der Waals surface area contributed by atoms with Gasteiger partial charge < -0.3 is 4.74 Å². The molecule has 0 radical (unpaired) electrons. The maximum Gasteiger partial charge on any atom is 0.330 e. The molecule has 0 amide bonds. The molecule has 1 aromatic rings. The van der Waals surface area contributed by atoms with E-state index in [9.17, 15) is 9.18 Å². The lowest BCUT2D eigenvalue weighted by atomic mass is 10.2. The van der Waals surface area contributed by atoms with Gasteiger partial charge in [0.25, 0.3) is 0 Å². The van der Waals surface area contributed by atoms with Crippen molar-refractivity contribution in [2.24, 2.45) is 0 Å². The van der Waals surface area contributed by atoms with Crippen LogP contribution in [0.25, 0.3) is 6.08 Å². The van der Waals surface area contributed by atoms with E-state index in [0.717, 1.165) is 12.1 Å². The zero-order valence-corrected chi connectivity index (χ0v) is 9.27. The lowest BCUT2D eigenvalue weighted by molar-refractivity contribution is -0.134. The Morgan fingerprint density at radius 3 is 2.67 bits per heavy atom. The second kappa shape index (κ2) is 5.14. The first-order valence-electron chi connectivity index (χ1n) is 3.95. The Morgan fingerprint density at radius 1 is 1.40 bits per heavy atom. The summed E-state index contributed by atoms with van der Waals surface area (Å²) in [5, 5.41) is 0.205. The molecule has 0 bridgehead atoms. The van der Waals surface area contributed by atoms with Gasteiger partial charge in [0.1, 0.15) is 5.82 Å². The predicted molar refractivity (Wildman–Crippen MR) is 57.5 cm³/mol. The lowest BCUT2D eigenvalue weighted by Gasteiger charge is -2.00. The second-order valence-corrected chi connectivity index (χ2v) is 3.46. The first-order chi connectivity index (χ1) is 7.04. The van der Waals surface area contributed by atoms with Crippen LogP contribution in [0.4, 0.5) is 4.39 Å². The summed E-state index contributed by atoms with van der Waals surface area (Å²) in [4.78, 5) is 10.8. The van der Waals surface area contributed by atoms with E-state index in [1.807, 2.05) is 0 Å². The standard InChI is InChI=1S/C10H7Cl2FO2/c1-15-10(14)3-2-6-4-9(13)8(12)5-7(6)11/h2-5H,1H3. The number of benzene rings is 1. The minimum atomic E-state index is -0.592. The zero-order chi connectivity index (χ0) is 11.4. The van der Waals surface area contributed by atoms with E-state index in [0.29, 0.717) is 5.56 Å². The Hall–Kier alpha value is -1.06. The number of carbonyl (C=O) groups is 1. The van der Waals surface area contributed by atoms with Crippen molar-refractivity contribution in [2.45, 2.75) is 0 Å². The van der Waals surface area contributed by atoms with Crippen LogP contribution in [0.1, 0.15) is 5.56 Å². The third kappa shape index (κ3) is 3.22. The van der Waals surface area contributed by atoms with Crippen LogP contribution < -0.4 is 0 Å². The topological polar surface area (TPSA) is 26.3 Å². The van der Waals surface area contributed by atoms with Crippen LogP contribution in [0, 0.1) is 5.82 Å². The summed E-state index contributed by atoms with van der Waals surface area (Å²) in [6, 6.07) is 2.42. The molecule has 1 rings (SSSR count). The average molecular weight is 249 g/mol. The molecule has 0 unspecified atom stereocenters. The van der Waals surface area contributed by atoms with Crippen LogP contribution in [0.5, 0.6) is 0 Å². The Kier molecular flexibility index (Phi) is 4.12. The number of halogens is 3. The predicted octanol–water partition coefficient (Wildman–Crippen LogP) is 3.32. The summed E-state index contributed by atoms with van der Waals surface area (Å²) in [5.74, 6) is -1.13. The van der Waals surface area contributed by atoms with E-state index in [1.54, 1.807) is 0 Å². The smallest absolute Gasteiger partial charge is 0.330 e. The maximum atomic E-state index is 13.0. The number of methoxy groups -OCH3 is 1. The Balaban J connectivity index is 3.00. The van der Waals surface area contributed by atoms with Crippen molar-refractivity contribution in [1.82, 2.24) is 0 Å². The van der Waals surface area contributed by atoms with Crippen molar-refractivity contribution in [3.05, 3.63) is 39.6 Å². The number of esters is 1. The number of carbonyl (C=O) groups excluding carboxylic acids is 1. The molecule has 0 fully saturated rings. The fourth-order valence-electron chi connectivity index (χ4n) is 0.892. The fraction of sp³-hybridized carbons (Fsp3) is 0.100. The van der Waals surface area contributed by atoms with Gasteiger partial charge in [0, 0.05) is 11.1 Å². The van der Waals surface area contributed by atoms with Crippen LogP contribution in [0.15, 0.2) is 18.2 Å². The van der Waals surface area contributed by atoms with Gasteiger partial charge in [0.2, 0.25) is 0 Å². The highest BCUT2D eigenvalue weighted by atomic mass is 35.5. The Bertz CT molecular complexity index is 416. The van der Waals surface area contributed by atoms with Gasteiger partial charge in [-0.2, -0.15) is 0 Å². The second-order valence-electron chi connectivity index (χ2n) is 2.64. The van der Waals surface area contributed by atoms with Crippen molar-refractivity contribution in [3.8, 4) is 0 Å². The van der Waals surface area contributed by atoms with E-state index >= 15 is 0 Å². The minimum Gasteiger partial charge on any atom is -0.466 e. The quantitative estimate of drug-likeness (QED) is 0.456. The van der Waals surface area contributed by atoms with Gasteiger partial charge >= 0.3 is 5.97 Å². The molecule has 2 nitrogen and oxygen atoms in total. The van der Waals surface area contributed by atoms with Gasteiger partial charge in [-0.3, -0.25) is 0 Å². The van der Waals surface area contributed by atoms with Gasteiger partial charge in [0.05, 0.1) is 12.1 Å². The molecule has 0 heterocycles. The first-order valence-corrected chi connectivity index (χ1v) is 4.70. The third-order valence-corrected chi connectivity index (χ3v) is 2.26. The van der Waals surface area contributed by atoms with Crippen LogP contribution in [0.2, 0.25) is 10.0 Å². The average Bonchev–Trinajstić information content (AvgIpc) is 2.21. The number of hydrogen-bond donors (Lipinski definition) is 0. The molecule has 0 saturated heterocycles. The zero-order valence-electron chi connectivity index (χ0n) is 7.76. The van der Waals surface area contributed by atoms with Gasteiger partial charge in [-0.05, 0) is 23.8 Å². The van der Waals surface area contributed by atoms with E-state index in [4.69, 9.17) is 23.2 Å². The Labute approximate surface area is 96.2 Å². The molecule has 80 valence electrons. The minimum absolute atomic E-state index is 0.0600. The van der Waals surface area contributed by atoms with Gasteiger partial charge in [-0.25, -0.2) is 9.18 Å². The van der Waals surface area contributed by atoms with Crippen LogP contribution in [-0.4, -0.2) is 13.1 Å². The first kappa shape index (κ1) is 12.0. The SMILES string of the molecule is COC(=O)C=Cc1cc(F)c(Cl)cc1Cl. The van der Waals surface area contributed by atoms with Gasteiger partial charge in [-0.15, -0.1) is 0 Å². The van der Waals surface area contributed by atoms with E-state index in [-0.39, 0.29) is 10.0 Å². The summed E-state index contributed by atoms with van der Waals surface area (Å²) in [5.41, 5.74) is 0.365. The summed E-state index contributed by atoms with van der Waals surface area (Å²) < 4.78 is 17.4. The van der Waals surface area contributed by atoms with Crippen LogP contribution >= 0.6 is 23.2 Å². The van der Waals surface area contributed by atoms with Crippen molar-refractivity contribution in [2.75, 3.05) is 7.11 Å². The number of hydrogen-bond acceptors (Lipinski definition) is 2. The van der Waals surface area contributed by atoms with Crippen molar-refractivity contribution in [3.63, 3.8) is 0 Å². The highest BCUT2D eigenvalue weighted by Crippen LogP contribution is 2.25. The third-order valence-electron chi connectivity index (χ3n) is 1.64. The molecule has 1 aromatic carbocycles. The van der Waals surface area contributed by atoms with E-state index < -0.39 is 11.8 Å². The van der Waals surface area contributed by atoms with Gasteiger partial charge in [0.15, 0.2) is 0 Å². The summed E-state index contributed by atoms with van der Waals surface area (Å²) >= 11 is 11.3. The number of rotatable bonds is 2. The molecule has 0 saturated carbocycles. The molecule has 15 heavy (non-hydrogen) atoms. The molecular weight excluding hydrogens is 242 g/mol. The van der Waals surface area contributed by atoms with Crippen LogP contribution in [0.3, 0.4) is 0 Å². The van der Waals surface area contributed by atoms with Gasteiger partial charge in [-0.1, -0.05) is 23.2 Å². The molecule has 0 aliphatic carbocycles. The molecule has 0 aromatic heterocycles. The summed E-state index contributed by atoms with van der Waals surface area (Å²) in [6.45, 7) is 0. The highest BCUT2D eigenvalue weighted by Gasteiger charge is 2.05. The van der Waals surface area contributed by atoms with E-state index in [2.05, 4.69) is 4.74 Å². The largest absolute Gasteiger partial charge is 0.466 e. The lowest BCUT2D eigenvalue weighted by Crippen LogP contribution is -1.93. The molecule has 0 N–H and O–H groups in total. The van der Waals surface area contributed by atoms with Crippen molar-refractivity contribution < 1.29 is 13.9 Å². The summed E-state index contributed by atoms with van der Waals surface area (Å²) in [7, 11) is 1.25.